The molecule has 0 radical (unpaired) electrons. The molecule has 6 heteroatoms. The van der Waals surface area contributed by atoms with Crippen molar-refractivity contribution in [1.29, 1.82) is 0 Å². The number of ether oxygens (including phenoxy) is 1. The van der Waals surface area contributed by atoms with E-state index in [0.29, 0.717) is 6.61 Å². The molecule has 0 aliphatic rings. The van der Waals surface area contributed by atoms with Crippen molar-refractivity contribution in [2.24, 2.45) is 0 Å². The molecule has 4 nitrogen and oxygen atoms in total. The van der Waals surface area contributed by atoms with Crippen LogP contribution in [0.4, 0.5) is 8.78 Å². The minimum atomic E-state index is -0.972. The quantitative estimate of drug-likeness (QED) is 0.402. The van der Waals surface area contributed by atoms with Gasteiger partial charge in [0.2, 0.25) is 0 Å². The molecule has 0 saturated carbocycles. The molecule has 0 atom stereocenters. The van der Waals surface area contributed by atoms with Crippen molar-refractivity contribution in [2.75, 3.05) is 13.2 Å². The van der Waals surface area contributed by atoms with Gasteiger partial charge in [-0.25, -0.2) is 8.78 Å². The maximum Gasteiger partial charge on any atom is 0.325 e. The van der Waals surface area contributed by atoms with E-state index in [-0.39, 0.29) is 0 Å². The lowest BCUT2D eigenvalue weighted by Gasteiger charge is -2.08. The van der Waals surface area contributed by atoms with Crippen molar-refractivity contribution in [1.82, 2.24) is 5.32 Å². The third-order valence-electron chi connectivity index (χ3n) is 4.09. The molecule has 0 aromatic heterocycles. The van der Waals surface area contributed by atoms with Crippen molar-refractivity contribution >= 4 is 11.9 Å². The van der Waals surface area contributed by atoms with E-state index < -0.39 is 35.6 Å². The molecule has 1 aromatic carbocycles. The summed E-state index contributed by atoms with van der Waals surface area (Å²) in [5, 5.41) is 2.17. The summed E-state index contributed by atoms with van der Waals surface area (Å²) in [6.07, 6.45) is 10.5. The molecule has 0 aliphatic carbocycles. The van der Waals surface area contributed by atoms with Crippen molar-refractivity contribution < 1.29 is 23.1 Å². The first-order chi connectivity index (χ1) is 12.6. The molecule has 26 heavy (non-hydrogen) atoms. The number of hydrogen-bond donors (Lipinski definition) is 1. The average Bonchev–Trinajstić information content (AvgIpc) is 2.61. The predicted molar refractivity (Wildman–Crippen MR) is 96.9 cm³/mol. The lowest BCUT2D eigenvalue weighted by atomic mass is 10.1. The van der Waals surface area contributed by atoms with Gasteiger partial charge < -0.3 is 10.1 Å². The molecule has 0 heterocycles. The Morgan fingerprint density at radius 1 is 0.923 bits per heavy atom. The van der Waals surface area contributed by atoms with Gasteiger partial charge >= 0.3 is 5.97 Å². The van der Waals surface area contributed by atoms with Gasteiger partial charge in [-0.15, -0.1) is 0 Å². The zero-order valence-corrected chi connectivity index (χ0v) is 15.5. The van der Waals surface area contributed by atoms with Crippen molar-refractivity contribution in [3.8, 4) is 0 Å². The summed E-state index contributed by atoms with van der Waals surface area (Å²) in [6, 6.07) is 3.14. The number of carbonyl (C=O) groups excluding carboxylic acids is 2. The van der Waals surface area contributed by atoms with E-state index in [1.54, 1.807) is 0 Å². The van der Waals surface area contributed by atoms with E-state index in [9.17, 15) is 18.4 Å². The van der Waals surface area contributed by atoms with Gasteiger partial charge in [-0.1, -0.05) is 64.4 Å². The summed E-state index contributed by atoms with van der Waals surface area (Å²) >= 11 is 0. The molecule has 0 saturated heterocycles. The SMILES string of the molecule is CCCCCCCCCCCOC(=O)CNC(=O)c1c(F)cccc1F. The Morgan fingerprint density at radius 3 is 2.04 bits per heavy atom. The minimum absolute atomic E-state index is 0.290. The summed E-state index contributed by atoms with van der Waals surface area (Å²) in [4.78, 5) is 23.3. The Balaban J connectivity index is 2.08. The molecule has 0 spiro atoms. The number of rotatable bonds is 13. The lowest BCUT2D eigenvalue weighted by Crippen LogP contribution is -2.32. The highest BCUT2D eigenvalue weighted by Crippen LogP contribution is 2.12. The fourth-order valence-electron chi connectivity index (χ4n) is 2.61. The fraction of sp³-hybridized carbons (Fsp3) is 0.600. The standard InChI is InChI=1S/C20H29F2NO3/c1-2-3-4-5-6-7-8-9-10-14-26-18(24)15-23-20(25)19-16(21)12-11-13-17(19)22/h11-13H,2-10,14-15H2,1H3,(H,23,25). The molecule has 0 aliphatic heterocycles. The van der Waals surface area contributed by atoms with Crippen molar-refractivity contribution in [3.05, 3.63) is 35.4 Å². The molecule has 1 N–H and O–H groups in total. The van der Waals surface area contributed by atoms with Crippen LogP contribution in [0.1, 0.15) is 75.1 Å². The van der Waals surface area contributed by atoms with Crippen LogP contribution in [0.5, 0.6) is 0 Å². The number of esters is 1. The van der Waals surface area contributed by atoms with Crippen molar-refractivity contribution in [2.45, 2.75) is 64.7 Å². The first-order valence-electron chi connectivity index (χ1n) is 9.44. The van der Waals surface area contributed by atoms with E-state index in [4.69, 9.17) is 4.74 Å². The Kier molecular flexibility index (Phi) is 11.2. The highest BCUT2D eigenvalue weighted by molar-refractivity contribution is 5.96. The number of carbonyl (C=O) groups is 2. The molecular formula is C20H29F2NO3. The van der Waals surface area contributed by atoms with E-state index in [2.05, 4.69) is 12.2 Å². The van der Waals surface area contributed by atoms with Gasteiger partial charge in [0.25, 0.3) is 5.91 Å². The summed E-state index contributed by atoms with van der Waals surface area (Å²) in [5.74, 6) is -3.52. The second-order valence-electron chi connectivity index (χ2n) is 6.33. The summed E-state index contributed by atoms with van der Waals surface area (Å²) in [7, 11) is 0. The maximum atomic E-state index is 13.4. The van der Waals surface area contributed by atoms with Crippen LogP contribution in [0.15, 0.2) is 18.2 Å². The van der Waals surface area contributed by atoms with Crippen LogP contribution in [0.3, 0.4) is 0 Å². The number of amides is 1. The van der Waals surface area contributed by atoms with Crippen LogP contribution in [-0.4, -0.2) is 25.0 Å². The van der Waals surface area contributed by atoms with E-state index in [1.807, 2.05) is 0 Å². The third kappa shape index (κ3) is 8.92. The second kappa shape index (κ2) is 13.3. The van der Waals surface area contributed by atoms with Crippen LogP contribution >= 0.6 is 0 Å². The van der Waals surface area contributed by atoms with Crippen LogP contribution in [-0.2, 0) is 9.53 Å². The number of hydrogen-bond acceptors (Lipinski definition) is 3. The molecule has 1 amide bonds. The third-order valence-corrected chi connectivity index (χ3v) is 4.09. The molecule has 0 fully saturated rings. The largest absolute Gasteiger partial charge is 0.464 e. The van der Waals surface area contributed by atoms with Crippen molar-refractivity contribution in [3.63, 3.8) is 0 Å². The van der Waals surface area contributed by atoms with Gasteiger partial charge in [-0.05, 0) is 18.6 Å². The van der Waals surface area contributed by atoms with Crippen LogP contribution < -0.4 is 5.32 Å². The fourth-order valence-corrected chi connectivity index (χ4v) is 2.61. The van der Waals surface area contributed by atoms with Crippen LogP contribution in [0.25, 0.3) is 0 Å². The second-order valence-corrected chi connectivity index (χ2v) is 6.33. The molecule has 1 aromatic rings. The molecule has 1 rings (SSSR count). The smallest absolute Gasteiger partial charge is 0.325 e. The highest BCUT2D eigenvalue weighted by Gasteiger charge is 2.17. The first kappa shape index (κ1) is 22.1. The zero-order valence-electron chi connectivity index (χ0n) is 15.5. The molecule has 0 bridgehead atoms. The number of unbranched alkanes of at least 4 members (excludes halogenated alkanes) is 8. The topological polar surface area (TPSA) is 55.4 Å². The van der Waals surface area contributed by atoms with Gasteiger partial charge in [0.1, 0.15) is 23.7 Å². The summed E-state index contributed by atoms with van der Waals surface area (Å²) in [5.41, 5.74) is -0.695. The highest BCUT2D eigenvalue weighted by atomic mass is 19.1. The van der Waals surface area contributed by atoms with Gasteiger partial charge in [-0.2, -0.15) is 0 Å². The Morgan fingerprint density at radius 2 is 1.46 bits per heavy atom. The number of nitrogens with one attached hydrogen (secondary N) is 1. The predicted octanol–water partition coefficient (Wildman–Crippen LogP) is 4.77. The monoisotopic (exact) mass is 369 g/mol. The van der Waals surface area contributed by atoms with E-state index >= 15 is 0 Å². The Hall–Kier alpha value is -1.98. The zero-order chi connectivity index (χ0) is 19.2. The van der Waals surface area contributed by atoms with Gasteiger partial charge in [-0.3, -0.25) is 9.59 Å². The number of halogens is 2. The van der Waals surface area contributed by atoms with Crippen LogP contribution in [0.2, 0.25) is 0 Å². The van der Waals surface area contributed by atoms with E-state index in [1.165, 1.54) is 44.6 Å². The first-order valence-corrected chi connectivity index (χ1v) is 9.44. The van der Waals surface area contributed by atoms with Gasteiger partial charge in [0.05, 0.1) is 6.61 Å². The Labute approximate surface area is 154 Å². The van der Waals surface area contributed by atoms with Crippen LogP contribution in [0, 0.1) is 11.6 Å². The van der Waals surface area contributed by atoms with Gasteiger partial charge in [0.15, 0.2) is 0 Å². The molecule has 0 unspecified atom stereocenters. The maximum absolute atomic E-state index is 13.4. The van der Waals surface area contributed by atoms with Gasteiger partial charge in [0, 0.05) is 0 Å². The lowest BCUT2D eigenvalue weighted by molar-refractivity contribution is -0.142. The average molecular weight is 369 g/mol. The van der Waals surface area contributed by atoms with E-state index in [0.717, 1.165) is 31.4 Å². The molecule has 146 valence electrons. The number of benzene rings is 1. The Bertz CT molecular complexity index is 544. The summed E-state index contributed by atoms with van der Waals surface area (Å²) < 4.78 is 31.9. The normalized spacial score (nSPS) is 10.6. The summed E-state index contributed by atoms with van der Waals surface area (Å²) in [6.45, 7) is 2.08. The molecular weight excluding hydrogens is 340 g/mol. The minimum Gasteiger partial charge on any atom is -0.464 e.